The summed E-state index contributed by atoms with van der Waals surface area (Å²) in [4.78, 5) is 13.5. The molecule has 1 aromatic heterocycles. The van der Waals surface area contributed by atoms with Crippen molar-refractivity contribution < 1.29 is 9.21 Å². The van der Waals surface area contributed by atoms with Crippen LogP contribution in [-0.2, 0) is 0 Å². The van der Waals surface area contributed by atoms with E-state index in [-0.39, 0.29) is 11.9 Å². The Morgan fingerprint density at radius 3 is 2.50 bits per heavy atom. The molecule has 1 heterocycles. The topological polar surface area (TPSA) is 68.0 Å². The van der Waals surface area contributed by atoms with Crippen molar-refractivity contribution in [3.05, 3.63) is 59.2 Å². The molecule has 0 aliphatic heterocycles. The molecule has 0 bridgehead atoms. The molecule has 0 aliphatic rings. The van der Waals surface area contributed by atoms with Gasteiger partial charge < -0.3 is 4.42 Å². The lowest BCUT2D eigenvalue weighted by molar-refractivity contribution is 0.102. The molecule has 6 heteroatoms. The van der Waals surface area contributed by atoms with Crippen molar-refractivity contribution in [3.63, 3.8) is 0 Å². The molecule has 0 spiro atoms. The van der Waals surface area contributed by atoms with Crippen molar-refractivity contribution in [1.29, 1.82) is 0 Å². The second kappa shape index (κ2) is 7.74. The first-order chi connectivity index (χ1) is 12.4. The van der Waals surface area contributed by atoms with E-state index in [1.165, 1.54) is 0 Å². The number of rotatable bonds is 5. The highest BCUT2D eigenvalue weighted by Gasteiger charge is 2.14. The van der Waals surface area contributed by atoms with Crippen molar-refractivity contribution in [2.75, 3.05) is 5.32 Å². The molecule has 0 radical (unpaired) electrons. The molecule has 26 heavy (non-hydrogen) atoms. The average molecular weight is 367 g/mol. The van der Waals surface area contributed by atoms with Crippen LogP contribution in [0.1, 0.15) is 35.3 Å². The molecule has 134 valence electrons. The Morgan fingerprint density at radius 1 is 1.08 bits per heavy atom. The summed E-state index contributed by atoms with van der Waals surface area (Å²) in [6.07, 6.45) is 0. The molecule has 2 aromatic carbocycles. The molecule has 0 saturated carbocycles. The highest BCUT2D eigenvalue weighted by atomic mass is 32.2. The normalized spacial score (nSPS) is 11.0. The maximum atomic E-state index is 12.4. The molecular weight excluding hydrogens is 346 g/mol. The van der Waals surface area contributed by atoms with Crippen LogP contribution in [0.15, 0.2) is 51.8 Å². The number of carbonyl (C=O) groups is 1. The Hall–Kier alpha value is -2.60. The summed E-state index contributed by atoms with van der Waals surface area (Å²) >= 11 is 1.75. The smallest absolute Gasteiger partial charge is 0.322 e. The van der Waals surface area contributed by atoms with Crippen LogP contribution < -0.4 is 5.32 Å². The largest absolute Gasteiger partial charge is 0.403 e. The van der Waals surface area contributed by atoms with Gasteiger partial charge >= 0.3 is 6.01 Å². The van der Waals surface area contributed by atoms with E-state index >= 15 is 0 Å². The van der Waals surface area contributed by atoms with Crippen LogP contribution in [0, 0.1) is 13.8 Å². The number of nitrogens with zero attached hydrogens (tertiary/aromatic N) is 2. The number of nitrogens with one attached hydrogen (secondary N) is 1. The summed E-state index contributed by atoms with van der Waals surface area (Å²) in [6, 6.07) is 13.6. The third-order valence-electron chi connectivity index (χ3n) is 3.76. The van der Waals surface area contributed by atoms with Crippen molar-refractivity contribution in [1.82, 2.24) is 10.2 Å². The lowest BCUT2D eigenvalue weighted by Crippen LogP contribution is -2.11. The number of carbonyl (C=O) groups excluding carboxylic acids is 1. The number of amides is 1. The summed E-state index contributed by atoms with van der Waals surface area (Å²) in [5, 5.41) is 11.1. The standard InChI is InChI=1S/C20H21N3O2S/c1-12(2)26-16-9-7-15(8-10-16)18(24)21-20-23-22-19(25-20)17-11-13(3)5-6-14(17)4/h5-12H,1-4H3,(H,21,23,24). The van der Waals surface area contributed by atoms with Crippen molar-refractivity contribution >= 4 is 23.7 Å². The second-order valence-electron chi connectivity index (χ2n) is 6.38. The van der Waals surface area contributed by atoms with Gasteiger partial charge in [-0.25, -0.2) is 0 Å². The number of benzene rings is 2. The fraction of sp³-hybridized carbons (Fsp3) is 0.250. The van der Waals surface area contributed by atoms with Crippen LogP contribution in [0.5, 0.6) is 0 Å². The second-order valence-corrected chi connectivity index (χ2v) is 8.03. The van der Waals surface area contributed by atoms with Gasteiger partial charge in [0.25, 0.3) is 5.91 Å². The maximum Gasteiger partial charge on any atom is 0.322 e. The zero-order valence-electron chi connectivity index (χ0n) is 15.2. The maximum absolute atomic E-state index is 12.4. The van der Waals surface area contributed by atoms with Crippen LogP contribution >= 0.6 is 11.8 Å². The monoisotopic (exact) mass is 367 g/mol. The Morgan fingerprint density at radius 2 is 1.81 bits per heavy atom. The predicted octanol–water partition coefficient (Wildman–Crippen LogP) is 5.11. The Bertz CT molecular complexity index is 917. The van der Waals surface area contributed by atoms with Gasteiger partial charge in [-0.05, 0) is 49.7 Å². The molecule has 0 aliphatic carbocycles. The van der Waals surface area contributed by atoms with Gasteiger partial charge in [-0.15, -0.1) is 16.9 Å². The van der Waals surface area contributed by atoms with E-state index in [4.69, 9.17) is 4.42 Å². The molecule has 0 unspecified atom stereocenters. The number of aromatic nitrogens is 2. The molecule has 1 amide bonds. The van der Waals surface area contributed by atoms with Gasteiger partial charge in [-0.1, -0.05) is 36.6 Å². The van der Waals surface area contributed by atoms with E-state index in [9.17, 15) is 4.79 Å². The molecule has 3 aromatic rings. The van der Waals surface area contributed by atoms with E-state index in [1.54, 1.807) is 23.9 Å². The van der Waals surface area contributed by atoms with Gasteiger partial charge in [0.1, 0.15) is 0 Å². The molecule has 0 atom stereocenters. The number of hydrogen-bond donors (Lipinski definition) is 1. The number of anilines is 1. The van der Waals surface area contributed by atoms with Crippen molar-refractivity contribution in [3.8, 4) is 11.5 Å². The van der Waals surface area contributed by atoms with Crippen LogP contribution in [0.25, 0.3) is 11.5 Å². The summed E-state index contributed by atoms with van der Waals surface area (Å²) < 4.78 is 5.62. The van der Waals surface area contributed by atoms with Crippen LogP contribution in [0.4, 0.5) is 6.01 Å². The van der Waals surface area contributed by atoms with Gasteiger partial charge in [0.05, 0.1) is 0 Å². The molecule has 0 fully saturated rings. The van der Waals surface area contributed by atoms with E-state index in [0.29, 0.717) is 16.7 Å². The molecule has 0 saturated heterocycles. The molecule has 5 nitrogen and oxygen atoms in total. The Labute approximate surface area is 157 Å². The Balaban J connectivity index is 1.72. The summed E-state index contributed by atoms with van der Waals surface area (Å²) in [5.41, 5.74) is 3.56. The lowest BCUT2D eigenvalue weighted by atomic mass is 10.1. The van der Waals surface area contributed by atoms with Gasteiger partial charge in [0, 0.05) is 21.3 Å². The fourth-order valence-electron chi connectivity index (χ4n) is 2.48. The van der Waals surface area contributed by atoms with Gasteiger partial charge in [-0.3, -0.25) is 10.1 Å². The van der Waals surface area contributed by atoms with Crippen molar-refractivity contribution in [2.24, 2.45) is 0 Å². The first-order valence-electron chi connectivity index (χ1n) is 8.41. The minimum Gasteiger partial charge on any atom is -0.403 e. The lowest BCUT2D eigenvalue weighted by Gasteiger charge is -2.06. The molecular formula is C20H21N3O2S. The highest BCUT2D eigenvalue weighted by Crippen LogP contribution is 2.25. The zero-order chi connectivity index (χ0) is 18.7. The van der Waals surface area contributed by atoms with E-state index < -0.39 is 0 Å². The summed E-state index contributed by atoms with van der Waals surface area (Å²) in [7, 11) is 0. The van der Waals surface area contributed by atoms with Crippen molar-refractivity contribution in [2.45, 2.75) is 37.8 Å². The minimum atomic E-state index is -0.276. The minimum absolute atomic E-state index is 0.0894. The van der Waals surface area contributed by atoms with E-state index in [2.05, 4.69) is 29.4 Å². The fourth-order valence-corrected chi connectivity index (χ4v) is 3.31. The molecule has 1 N–H and O–H groups in total. The molecule has 3 rings (SSSR count). The van der Waals surface area contributed by atoms with Crippen LogP contribution in [0.2, 0.25) is 0 Å². The average Bonchev–Trinajstić information content (AvgIpc) is 3.05. The summed E-state index contributed by atoms with van der Waals surface area (Å²) in [6.45, 7) is 8.25. The summed E-state index contributed by atoms with van der Waals surface area (Å²) in [5.74, 6) is 0.118. The third-order valence-corrected chi connectivity index (χ3v) is 4.77. The van der Waals surface area contributed by atoms with Gasteiger partial charge in [0.15, 0.2) is 0 Å². The zero-order valence-corrected chi connectivity index (χ0v) is 16.1. The SMILES string of the molecule is Cc1ccc(C)c(-c2nnc(NC(=O)c3ccc(SC(C)C)cc3)o2)c1. The Kier molecular flexibility index (Phi) is 5.42. The quantitative estimate of drug-likeness (QED) is 0.635. The predicted molar refractivity (Wildman–Crippen MR) is 105 cm³/mol. The third kappa shape index (κ3) is 4.32. The number of hydrogen-bond acceptors (Lipinski definition) is 5. The number of aryl methyl sites for hydroxylation is 2. The van der Waals surface area contributed by atoms with Crippen LogP contribution in [-0.4, -0.2) is 21.4 Å². The first-order valence-corrected chi connectivity index (χ1v) is 9.29. The van der Waals surface area contributed by atoms with E-state index in [1.807, 2.05) is 44.2 Å². The first kappa shape index (κ1) is 18.2. The van der Waals surface area contributed by atoms with E-state index in [0.717, 1.165) is 21.6 Å². The van der Waals surface area contributed by atoms with Gasteiger partial charge in [0.2, 0.25) is 5.89 Å². The highest BCUT2D eigenvalue weighted by molar-refractivity contribution is 7.99. The number of thioether (sulfide) groups is 1. The van der Waals surface area contributed by atoms with Gasteiger partial charge in [-0.2, -0.15) is 0 Å². The van der Waals surface area contributed by atoms with Crippen LogP contribution in [0.3, 0.4) is 0 Å².